The highest BCUT2D eigenvalue weighted by molar-refractivity contribution is 6.39. The Morgan fingerprint density at radius 1 is 1.06 bits per heavy atom. The van der Waals surface area contributed by atoms with E-state index in [9.17, 15) is 14.4 Å². The van der Waals surface area contributed by atoms with Crippen LogP contribution in [0.4, 0.5) is 11.5 Å². The summed E-state index contributed by atoms with van der Waals surface area (Å²) in [7, 11) is 1.22. The average molecular weight is 488 g/mol. The third kappa shape index (κ3) is 5.97. The summed E-state index contributed by atoms with van der Waals surface area (Å²) in [5.41, 5.74) is 7.10. The van der Waals surface area contributed by atoms with Crippen molar-refractivity contribution in [3.63, 3.8) is 0 Å². The number of anilines is 2. The first-order valence-electron chi connectivity index (χ1n) is 9.58. The summed E-state index contributed by atoms with van der Waals surface area (Å²) < 4.78 is 4.82. The normalized spacial score (nSPS) is 11.4. The van der Waals surface area contributed by atoms with Gasteiger partial charge in [-0.3, -0.25) is 9.59 Å². The fraction of sp³-hybridized carbons (Fsp3) is 0.136. The predicted molar refractivity (Wildman–Crippen MR) is 124 cm³/mol. The Labute approximate surface area is 199 Å². The van der Waals surface area contributed by atoms with Gasteiger partial charge in [0.05, 0.1) is 22.7 Å². The van der Waals surface area contributed by atoms with Gasteiger partial charge in [-0.1, -0.05) is 41.4 Å². The minimum Gasteiger partial charge on any atom is -0.467 e. The zero-order chi connectivity index (χ0) is 24.0. The Kier molecular flexibility index (Phi) is 7.81. The number of carbonyl (C=O) groups is 3. The number of rotatable bonds is 7. The molecule has 3 aromatic rings. The summed E-state index contributed by atoms with van der Waals surface area (Å²) in [6.45, 7) is 0. The smallest absolute Gasteiger partial charge is 0.328 e. The summed E-state index contributed by atoms with van der Waals surface area (Å²) in [6.07, 6.45) is 2.70. The third-order valence-corrected chi connectivity index (χ3v) is 5.25. The maximum atomic E-state index is 12.7. The molecule has 1 aromatic heterocycles. The second-order valence-electron chi connectivity index (χ2n) is 6.82. The molecule has 2 aromatic carbocycles. The highest BCUT2D eigenvalue weighted by Crippen LogP contribution is 2.24. The standard InChI is InChI=1S/C22H19Cl2N5O4/c1-33-22(32)17(29-21(31)18-15(23)3-2-4-16(18)24)9-12-5-7-13(8-6-12)28-20(30)14-10-26-11-27-19(14)25/h2-8,10-11,17H,9H2,1H3,(H,28,30)(H,29,31)(H2,25,26,27)/t17-/m0/s1. The van der Waals surface area contributed by atoms with Crippen LogP contribution < -0.4 is 16.4 Å². The Bertz CT molecular complexity index is 1170. The molecular weight excluding hydrogens is 469 g/mol. The van der Waals surface area contributed by atoms with E-state index in [1.54, 1.807) is 30.3 Å². The minimum absolute atomic E-state index is 0.0643. The molecule has 0 fully saturated rings. The van der Waals surface area contributed by atoms with Gasteiger partial charge in [0, 0.05) is 18.3 Å². The number of hydrogen-bond donors (Lipinski definition) is 3. The highest BCUT2D eigenvalue weighted by atomic mass is 35.5. The van der Waals surface area contributed by atoms with Crippen LogP contribution in [0.25, 0.3) is 0 Å². The summed E-state index contributed by atoms with van der Waals surface area (Å²) >= 11 is 12.2. The number of esters is 1. The predicted octanol–water partition coefficient (Wildman–Crippen LogP) is 3.13. The number of benzene rings is 2. The molecule has 11 heteroatoms. The summed E-state index contributed by atoms with van der Waals surface area (Å²) in [6, 6.07) is 10.4. The second-order valence-corrected chi connectivity index (χ2v) is 7.64. The molecule has 0 bridgehead atoms. The molecule has 0 aliphatic carbocycles. The van der Waals surface area contributed by atoms with Crippen molar-refractivity contribution in [2.75, 3.05) is 18.2 Å². The molecule has 33 heavy (non-hydrogen) atoms. The number of nitrogens with two attached hydrogens (primary N) is 1. The number of nitrogens with zero attached hydrogens (tertiary/aromatic N) is 2. The summed E-state index contributed by atoms with van der Waals surface area (Å²) in [5, 5.41) is 5.62. The van der Waals surface area contributed by atoms with Crippen LogP contribution in [0.3, 0.4) is 0 Å². The van der Waals surface area contributed by atoms with E-state index >= 15 is 0 Å². The zero-order valence-electron chi connectivity index (χ0n) is 17.3. The van der Waals surface area contributed by atoms with Crippen LogP contribution >= 0.6 is 23.2 Å². The number of nitrogens with one attached hydrogen (secondary N) is 2. The molecule has 4 N–H and O–H groups in total. The van der Waals surface area contributed by atoms with Crippen molar-refractivity contribution in [1.82, 2.24) is 15.3 Å². The first-order chi connectivity index (χ1) is 15.8. The van der Waals surface area contributed by atoms with E-state index in [0.717, 1.165) is 0 Å². The largest absolute Gasteiger partial charge is 0.467 e. The van der Waals surface area contributed by atoms with E-state index < -0.39 is 23.8 Å². The number of nitrogen functional groups attached to an aromatic ring is 1. The van der Waals surface area contributed by atoms with Gasteiger partial charge < -0.3 is 21.1 Å². The van der Waals surface area contributed by atoms with Gasteiger partial charge in [0.25, 0.3) is 11.8 Å². The molecule has 1 atom stereocenters. The Hall–Kier alpha value is -3.69. The average Bonchev–Trinajstić information content (AvgIpc) is 2.79. The third-order valence-electron chi connectivity index (χ3n) is 4.62. The molecule has 0 unspecified atom stereocenters. The summed E-state index contributed by atoms with van der Waals surface area (Å²) in [4.78, 5) is 44.9. The van der Waals surface area contributed by atoms with Crippen molar-refractivity contribution >= 4 is 52.5 Å². The fourth-order valence-corrected chi connectivity index (χ4v) is 3.52. The van der Waals surface area contributed by atoms with Crippen LogP contribution in [0.2, 0.25) is 10.0 Å². The number of aromatic nitrogens is 2. The molecule has 0 spiro atoms. The number of ether oxygens (including phenoxy) is 1. The first-order valence-corrected chi connectivity index (χ1v) is 10.3. The lowest BCUT2D eigenvalue weighted by Gasteiger charge is -2.18. The highest BCUT2D eigenvalue weighted by Gasteiger charge is 2.25. The van der Waals surface area contributed by atoms with Crippen molar-refractivity contribution < 1.29 is 19.1 Å². The quantitative estimate of drug-likeness (QED) is 0.435. The SMILES string of the molecule is COC(=O)[C@H](Cc1ccc(NC(=O)c2cncnc2N)cc1)NC(=O)c1c(Cl)cccc1Cl. The molecule has 1 heterocycles. The monoisotopic (exact) mass is 487 g/mol. The van der Waals surface area contributed by atoms with Crippen LogP contribution in [0, 0.1) is 0 Å². The molecule has 0 aliphatic rings. The van der Waals surface area contributed by atoms with E-state index in [1.807, 2.05) is 0 Å². The number of halogens is 2. The van der Waals surface area contributed by atoms with Crippen LogP contribution in [0.15, 0.2) is 55.0 Å². The van der Waals surface area contributed by atoms with Gasteiger partial charge in [0.1, 0.15) is 23.8 Å². The van der Waals surface area contributed by atoms with E-state index in [-0.39, 0.29) is 33.4 Å². The van der Waals surface area contributed by atoms with Gasteiger partial charge >= 0.3 is 5.97 Å². The first kappa shape index (κ1) is 24.0. The number of hydrogen-bond acceptors (Lipinski definition) is 7. The minimum atomic E-state index is -0.989. The van der Waals surface area contributed by atoms with Crippen molar-refractivity contribution in [2.24, 2.45) is 0 Å². The Morgan fingerprint density at radius 2 is 1.73 bits per heavy atom. The molecule has 2 amide bonds. The molecule has 0 saturated carbocycles. The van der Waals surface area contributed by atoms with Gasteiger partial charge in [0.2, 0.25) is 0 Å². The van der Waals surface area contributed by atoms with Crippen LogP contribution in [0.1, 0.15) is 26.3 Å². The van der Waals surface area contributed by atoms with Gasteiger partial charge in [-0.15, -0.1) is 0 Å². The van der Waals surface area contributed by atoms with Gasteiger partial charge in [-0.05, 0) is 29.8 Å². The van der Waals surface area contributed by atoms with E-state index in [2.05, 4.69) is 20.6 Å². The molecule has 3 rings (SSSR count). The van der Waals surface area contributed by atoms with Crippen LogP contribution in [-0.4, -0.2) is 40.9 Å². The number of carbonyl (C=O) groups excluding carboxylic acids is 3. The molecular formula is C22H19Cl2N5O4. The summed E-state index contributed by atoms with van der Waals surface area (Å²) in [5.74, 6) is -1.64. The van der Waals surface area contributed by atoms with Gasteiger partial charge in [-0.2, -0.15) is 0 Å². The zero-order valence-corrected chi connectivity index (χ0v) is 18.9. The fourth-order valence-electron chi connectivity index (χ4n) is 2.95. The molecule has 0 aliphatic heterocycles. The topological polar surface area (TPSA) is 136 Å². The lowest BCUT2D eigenvalue weighted by atomic mass is 10.0. The van der Waals surface area contributed by atoms with Crippen molar-refractivity contribution in [2.45, 2.75) is 12.5 Å². The van der Waals surface area contributed by atoms with E-state index in [1.165, 1.54) is 31.8 Å². The van der Waals surface area contributed by atoms with Crippen LogP contribution in [0.5, 0.6) is 0 Å². The van der Waals surface area contributed by atoms with Crippen LogP contribution in [-0.2, 0) is 16.0 Å². The molecule has 9 nitrogen and oxygen atoms in total. The second kappa shape index (κ2) is 10.8. The van der Waals surface area contributed by atoms with E-state index in [0.29, 0.717) is 11.3 Å². The molecule has 0 radical (unpaired) electrons. The lowest BCUT2D eigenvalue weighted by Crippen LogP contribution is -2.43. The van der Waals surface area contributed by atoms with E-state index in [4.69, 9.17) is 33.7 Å². The van der Waals surface area contributed by atoms with Gasteiger partial charge in [0.15, 0.2) is 0 Å². The number of methoxy groups -OCH3 is 1. The van der Waals surface area contributed by atoms with Crippen molar-refractivity contribution in [1.29, 1.82) is 0 Å². The molecule has 0 saturated heterocycles. The Morgan fingerprint density at radius 3 is 2.33 bits per heavy atom. The van der Waals surface area contributed by atoms with Crippen molar-refractivity contribution in [3.05, 3.63) is 81.7 Å². The maximum Gasteiger partial charge on any atom is 0.328 e. The van der Waals surface area contributed by atoms with Gasteiger partial charge in [-0.25, -0.2) is 14.8 Å². The Balaban J connectivity index is 1.71. The number of amides is 2. The molecule has 170 valence electrons. The van der Waals surface area contributed by atoms with Crippen molar-refractivity contribution in [3.8, 4) is 0 Å². The lowest BCUT2D eigenvalue weighted by molar-refractivity contribution is -0.142. The maximum absolute atomic E-state index is 12.7.